The Balaban J connectivity index is 2.95. The van der Waals surface area contributed by atoms with Crippen LogP contribution in [0.2, 0.25) is 18.1 Å². The number of ether oxygens (including phenoxy) is 2. The molecule has 0 radical (unpaired) electrons. The van der Waals surface area contributed by atoms with Gasteiger partial charge in [0.05, 0.1) is 19.1 Å². The zero-order valence-electron chi connectivity index (χ0n) is 17.3. The molecule has 0 aromatic rings. The maximum absolute atomic E-state index is 12.5. The molecule has 1 amide bonds. The van der Waals surface area contributed by atoms with Crippen LogP contribution in [0.15, 0.2) is 0 Å². The number of rotatable bonds is 3. The van der Waals surface area contributed by atoms with Gasteiger partial charge in [-0.3, -0.25) is 4.79 Å². The van der Waals surface area contributed by atoms with E-state index in [-0.39, 0.29) is 23.0 Å². The summed E-state index contributed by atoms with van der Waals surface area (Å²) in [6.07, 6.45) is -0.0328. The van der Waals surface area contributed by atoms with Crippen LogP contribution >= 0.6 is 0 Å². The maximum Gasteiger partial charge on any atom is 0.410 e. The standard InChI is InChI=1S/C18H35NO5Si/c1-17(2,3)23-16(21)19-11-13(15(20)22-7)10-14(12-19)24-25(8,9)18(4,5)6/h13-14H,10-12H2,1-9H3/t13-,14-/m1/s1. The van der Waals surface area contributed by atoms with Gasteiger partial charge in [0.15, 0.2) is 8.32 Å². The van der Waals surface area contributed by atoms with E-state index in [4.69, 9.17) is 13.9 Å². The zero-order chi connectivity index (χ0) is 19.6. The number of esters is 1. The number of likely N-dealkylation sites (tertiary alicyclic amines) is 1. The molecule has 0 bridgehead atoms. The van der Waals surface area contributed by atoms with Crippen LogP contribution in [-0.2, 0) is 18.7 Å². The second kappa shape index (κ2) is 7.66. The molecule has 7 heteroatoms. The Morgan fingerprint density at radius 3 is 2.04 bits per heavy atom. The summed E-state index contributed by atoms with van der Waals surface area (Å²) in [5.41, 5.74) is -0.578. The molecule has 0 N–H and O–H groups in total. The van der Waals surface area contributed by atoms with E-state index in [1.165, 1.54) is 7.11 Å². The molecule has 1 aliphatic rings. The molecule has 1 saturated heterocycles. The van der Waals surface area contributed by atoms with E-state index >= 15 is 0 Å². The van der Waals surface area contributed by atoms with Crippen LogP contribution in [-0.4, -0.2) is 57.2 Å². The van der Waals surface area contributed by atoms with Gasteiger partial charge in [-0.05, 0) is 45.3 Å². The normalized spacial score (nSPS) is 22.5. The summed E-state index contributed by atoms with van der Waals surface area (Å²) in [6.45, 7) is 17.1. The fourth-order valence-corrected chi connectivity index (χ4v) is 3.90. The quantitative estimate of drug-likeness (QED) is 0.556. The Labute approximate surface area is 153 Å². The largest absolute Gasteiger partial charge is 0.469 e. The van der Waals surface area contributed by atoms with Gasteiger partial charge in [-0.2, -0.15) is 0 Å². The minimum atomic E-state index is -2.01. The van der Waals surface area contributed by atoms with Crippen molar-refractivity contribution in [3.8, 4) is 0 Å². The second-order valence-electron chi connectivity index (χ2n) is 9.34. The van der Waals surface area contributed by atoms with Gasteiger partial charge >= 0.3 is 12.1 Å². The highest BCUT2D eigenvalue weighted by Crippen LogP contribution is 2.38. The van der Waals surface area contributed by atoms with E-state index in [2.05, 4.69) is 33.9 Å². The fraction of sp³-hybridized carbons (Fsp3) is 0.889. The number of hydrogen-bond acceptors (Lipinski definition) is 5. The molecule has 0 saturated carbocycles. The molecule has 1 heterocycles. The predicted octanol–water partition coefficient (Wildman–Crippen LogP) is 3.81. The van der Waals surface area contributed by atoms with Crippen molar-refractivity contribution in [1.29, 1.82) is 0 Å². The highest BCUT2D eigenvalue weighted by atomic mass is 28.4. The maximum atomic E-state index is 12.5. The van der Waals surface area contributed by atoms with Gasteiger partial charge in [0, 0.05) is 13.1 Å². The van der Waals surface area contributed by atoms with Crippen LogP contribution in [0.25, 0.3) is 0 Å². The minimum Gasteiger partial charge on any atom is -0.469 e. The molecular formula is C18H35NO5Si. The van der Waals surface area contributed by atoms with Crippen LogP contribution in [0.5, 0.6) is 0 Å². The lowest BCUT2D eigenvalue weighted by Crippen LogP contribution is -2.54. The first-order valence-electron chi connectivity index (χ1n) is 8.90. The van der Waals surface area contributed by atoms with Crippen LogP contribution in [0.1, 0.15) is 48.0 Å². The second-order valence-corrected chi connectivity index (χ2v) is 14.1. The number of carbonyl (C=O) groups excluding carboxylic acids is 2. The van der Waals surface area contributed by atoms with Crippen molar-refractivity contribution in [3.63, 3.8) is 0 Å². The first-order valence-corrected chi connectivity index (χ1v) is 11.8. The summed E-state index contributed by atoms with van der Waals surface area (Å²) >= 11 is 0. The highest BCUT2D eigenvalue weighted by molar-refractivity contribution is 6.74. The molecule has 0 aromatic carbocycles. The summed E-state index contributed by atoms with van der Waals surface area (Å²) in [4.78, 5) is 26.1. The summed E-state index contributed by atoms with van der Waals surface area (Å²) in [5, 5.41) is 0.0575. The lowest BCUT2D eigenvalue weighted by atomic mass is 9.96. The molecule has 0 aliphatic carbocycles. The summed E-state index contributed by atoms with van der Waals surface area (Å²) in [7, 11) is -0.635. The predicted molar refractivity (Wildman–Crippen MR) is 100 cm³/mol. The Kier molecular flexibility index (Phi) is 6.73. The van der Waals surface area contributed by atoms with E-state index in [0.717, 1.165) is 0 Å². The third kappa shape index (κ3) is 6.29. The van der Waals surface area contributed by atoms with Gasteiger partial charge < -0.3 is 18.8 Å². The van der Waals surface area contributed by atoms with Crippen molar-refractivity contribution < 1.29 is 23.5 Å². The van der Waals surface area contributed by atoms with E-state index in [1.807, 2.05) is 20.8 Å². The fourth-order valence-electron chi connectivity index (χ4n) is 2.54. The molecule has 0 unspecified atom stereocenters. The number of hydrogen-bond donors (Lipinski definition) is 0. The first kappa shape index (κ1) is 22.0. The molecule has 6 nitrogen and oxygen atoms in total. The van der Waals surface area contributed by atoms with Gasteiger partial charge in [-0.25, -0.2) is 4.79 Å². The Bertz CT molecular complexity index is 493. The highest BCUT2D eigenvalue weighted by Gasteiger charge is 2.43. The lowest BCUT2D eigenvalue weighted by Gasteiger charge is -2.43. The Morgan fingerprint density at radius 1 is 1.04 bits per heavy atom. The van der Waals surface area contributed by atoms with E-state index in [0.29, 0.717) is 19.5 Å². The van der Waals surface area contributed by atoms with E-state index in [1.54, 1.807) is 4.90 Å². The van der Waals surface area contributed by atoms with Gasteiger partial charge in [0.25, 0.3) is 0 Å². The average molecular weight is 374 g/mol. The number of nitrogens with zero attached hydrogens (tertiary/aromatic N) is 1. The van der Waals surface area contributed by atoms with Gasteiger partial charge in [-0.15, -0.1) is 0 Å². The van der Waals surface area contributed by atoms with Crippen LogP contribution in [0.4, 0.5) is 4.79 Å². The van der Waals surface area contributed by atoms with Gasteiger partial charge in [0.2, 0.25) is 0 Å². The third-order valence-electron chi connectivity index (χ3n) is 4.87. The minimum absolute atomic E-state index is 0.0575. The number of piperidine rings is 1. The lowest BCUT2D eigenvalue weighted by molar-refractivity contribution is -0.148. The monoisotopic (exact) mass is 373 g/mol. The van der Waals surface area contributed by atoms with Crippen molar-refractivity contribution >= 4 is 20.4 Å². The topological polar surface area (TPSA) is 65.1 Å². The Morgan fingerprint density at radius 2 is 1.60 bits per heavy atom. The average Bonchev–Trinajstić information content (AvgIpc) is 2.42. The van der Waals surface area contributed by atoms with E-state index < -0.39 is 20.0 Å². The van der Waals surface area contributed by atoms with Crippen molar-refractivity contribution in [2.24, 2.45) is 5.92 Å². The van der Waals surface area contributed by atoms with Crippen LogP contribution in [0, 0.1) is 5.92 Å². The van der Waals surface area contributed by atoms with Crippen molar-refractivity contribution in [2.45, 2.75) is 77.8 Å². The summed E-state index contributed by atoms with van der Waals surface area (Å²) in [6, 6.07) is 0. The molecule has 146 valence electrons. The zero-order valence-corrected chi connectivity index (χ0v) is 18.3. The SMILES string of the molecule is COC(=O)[C@@H]1C[C@@H](O[Si](C)(C)C(C)(C)C)CN(C(=O)OC(C)(C)C)C1. The molecular weight excluding hydrogens is 338 g/mol. The van der Waals surface area contributed by atoms with Crippen molar-refractivity contribution in [2.75, 3.05) is 20.2 Å². The molecule has 0 aromatic heterocycles. The van der Waals surface area contributed by atoms with Gasteiger partial charge in [0.1, 0.15) is 5.60 Å². The van der Waals surface area contributed by atoms with Crippen LogP contribution in [0.3, 0.4) is 0 Å². The molecule has 0 spiro atoms. The smallest absolute Gasteiger partial charge is 0.410 e. The van der Waals surface area contributed by atoms with Crippen molar-refractivity contribution in [3.05, 3.63) is 0 Å². The van der Waals surface area contributed by atoms with Crippen molar-refractivity contribution in [1.82, 2.24) is 4.90 Å². The summed E-state index contributed by atoms with van der Waals surface area (Å²) in [5.74, 6) is -0.696. The molecule has 1 rings (SSSR count). The van der Waals surface area contributed by atoms with Crippen LogP contribution < -0.4 is 0 Å². The van der Waals surface area contributed by atoms with Gasteiger partial charge in [-0.1, -0.05) is 20.8 Å². The molecule has 1 aliphatic heterocycles. The number of carbonyl (C=O) groups is 2. The Hall–Kier alpha value is -1.08. The van der Waals surface area contributed by atoms with E-state index in [9.17, 15) is 9.59 Å². The molecule has 25 heavy (non-hydrogen) atoms. The number of methoxy groups -OCH3 is 1. The molecule has 1 fully saturated rings. The summed E-state index contributed by atoms with van der Waals surface area (Å²) < 4.78 is 16.8. The number of amides is 1. The first-order chi connectivity index (χ1) is 11.2. The molecule has 2 atom stereocenters. The third-order valence-corrected chi connectivity index (χ3v) is 9.40.